The van der Waals surface area contributed by atoms with Crippen LogP contribution in [-0.2, 0) is 23.9 Å². The molecule has 1 aliphatic heterocycles. The Morgan fingerprint density at radius 1 is 1.02 bits per heavy atom. The second-order valence-corrected chi connectivity index (χ2v) is 10.5. The van der Waals surface area contributed by atoms with E-state index in [4.69, 9.17) is 11.6 Å². The largest absolute Gasteiger partial charge is 0.416 e. The number of nitrogens with one attached hydrogen (secondary N) is 1. The molecule has 2 heterocycles. The minimum atomic E-state index is -4.61. The first-order chi connectivity index (χ1) is 19.6. The molecule has 0 saturated carbocycles. The van der Waals surface area contributed by atoms with Crippen molar-refractivity contribution in [2.24, 2.45) is 0 Å². The maximum atomic E-state index is 14.2. The van der Waals surface area contributed by atoms with Crippen LogP contribution >= 0.6 is 23.4 Å². The molecule has 41 heavy (non-hydrogen) atoms. The maximum absolute atomic E-state index is 14.2. The van der Waals surface area contributed by atoms with Gasteiger partial charge in [-0.25, -0.2) is 4.39 Å². The number of alkyl halides is 3. The van der Waals surface area contributed by atoms with Gasteiger partial charge in [-0.1, -0.05) is 53.7 Å². The van der Waals surface area contributed by atoms with Gasteiger partial charge in [-0.05, 0) is 54.8 Å². The first kappa shape index (κ1) is 28.6. The van der Waals surface area contributed by atoms with Crippen molar-refractivity contribution in [3.05, 3.63) is 100 Å². The van der Waals surface area contributed by atoms with Gasteiger partial charge in [-0.2, -0.15) is 13.2 Å². The van der Waals surface area contributed by atoms with E-state index in [9.17, 15) is 27.2 Å². The number of fused-ring (bicyclic) bond motifs is 1. The molecular formula is C28H22ClF4N5O2S. The third kappa shape index (κ3) is 6.23. The van der Waals surface area contributed by atoms with Crippen LogP contribution in [0.5, 0.6) is 0 Å². The standard InChI is InChI=1S/C28H22ClF4N5O2S/c29-20-10-4-11-21(30)25(20)26(40)34-15-23-35-36-27(38(23)19-9-3-8-18(14-19)28(31,32)33)41-16-24(39)37-13-5-7-17-6-1-2-12-22(17)37/h1-4,6,8-12,14H,5,7,13,15-16H2,(H,34,40). The Morgan fingerprint density at radius 3 is 2.59 bits per heavy atom. The summed E-state index contributed by atoms with van der Waals surface area (Å²) in [6, 6.07) is 16.0. The molecular weight excluding hydrogens is 582 g/mol. The van der Waals surface area contributed by atoms with Crippen molar-refractivity contribution in [1.82, 2.24) is 20.1 Å². The van der Waals surface area contributed by atoms with Crippen molar-refractivity contribution in [2.75, 3.05) is 17.2 Å². The lowest BCUT2D eigenvalue weighted by Crippen LogP contribution is -2.36. The average Bonchev–Trinajstić information content (AvgIpc) is 3.36. The van der Waals surface area contributed by atoms with Gasteiger partial charge in [0.15, 0.2) is 11.0 Å². The number of amides is 2. The van der Waals surface area contributed by atoms with E-state index in [0.29, 0.717) is 6.54 Å². The average molecular weight is 604 g/mol. The molecule has 0 atom stereocenters. The topological polar surface area (TPSA) is 80.1 Å². The summed E-state index contributed by atoms with van der Waals surface area (Å²) in [5, 5.41) is 10.7. The number of aryl methyl sites for hydroxylation is 1. The van der Waals surface area contributed by atoms with Gasteiger partial charge < -0.3 is 10.2 Å². The molecule has 5 rings (SSSR count). The number of carbonyl (C=O) groups is 2. The Bertz CT molecular complexity index is 1590. The van der Waals surface area contributed by atoms with Crippen molar-refractivity contribution in [3.63, 3.8) is 0 Å². The Kier molecular flexibility index (Phi) is 8.32. The fourth-order valence-electron chi connectivity index (χ4n) is 4.55. The number of benzene rings is 3. The van der Waals surface area contributed by atoms with Crippen LogP contribution in [-0.4, -0.2) is 38.9 Å². The first-order valence-electron chi connectivity index (χ1n) is 12.5. The van der Waals surface area contributed by atoms with Crippen LogP contribution < -0.4 is 10.2 Å². The number of carbonyl (C=O) groups excluding carboxylic acids is 2. The quantitative estimate of drug-likeness (QED) is 0.205. The molecule has 3 aromatic carbocycles. The maximum Gasteiger partial charge on any atom is 0.416 e. The van der Waals surface area contributed by atoms with Crippen LogP contribution in [0.2, 0.25) is 5.02 Å². The highest BCUT2D eigenvalue weighted by Crippen LogP contribution is 2.32. The SMILES string of the molecule is O=C(NCc1nnc(SCC(=O)N2CCCc3ccccc32)n1-c1cccc(C(F)(F)F)c1)c1c(F)cccc1Cl. The molecule has 13 heteroatoms. The molecule has 0 radical (unpaired) electrons. The zero-order valence-electron chi connectivity index (χ0n) is 21.3. The minimum Gasteiger partial charge on any atom is -0.345 e. The number of hydrogen-bond donors (Lipinski definition) is 1. The number of anilines is 1. The van der Waals surface area contributed by atoms with Crippen LogP contribution in [0.4, 0.5) is 23.2 Å². The zero-order valence-corrected chi connectivity index (χ0v) is 22.9. The fraction of sp³-hybridized carbons (Fsp3) is 0.214. The lowest BCUT2D eigenvalue weighted by molar-refractivity contribution is -0.137. The van der Waals surface area contributed by atoms with Gasteiger partial charge in [0.25, 0.3) is 5.91 Å². The van der Waals surface area contributed by atoms with E-state index in [2.05, 4.69) is 15.5 Å². The highest BCUT2D eigenvalue weighted by Gasteiger charge is 2.31. The molecule has 0 fully saturated rings. The molecule has 1 aliphatic rings. The Morgan fingerprint density at radius 2 is 1.80 bits per heavy atom. The summed E-state index contributed by atoms with van der Waals surface area (Å²) in [5.41, 5.74) is 0.711. The number of aromatic nitrogens is 3. The van der Waals surface area contributed by atoms with Gasteiger partial charge >= 0.3 is 6.18 Å². The minimum absolute atomic E-state index is 0.0530. The van der Waals surface area contributed by atoms with Crippen molar-refractivity contribution >= 4 is 40.9 Å². The van der Waals surface area contributed by atoms with Crippen molar-refractivity contribution < 1.29 is 27.2 Å². The van der Waals surface area contributed by atoms with Gasteiger partial charge in [0.05, 0.1) is 34.1 Å². The third-order valence-corrected chi connectivity index (χ3v) is 7.69. The van der Waals surface area contributed by atoms with Crippen molar-refractivity contribution in [2.45, 2.75) is 30.7 Å². The lowest BCUT2D eigenvalue weighted by atomic mass is 10.0. The van der Waals surface area contributed by atoms with E-state index in [-0.39, 0.29) is 45.5 Å². The Hall–Kier alpha value is -3.90. The van der Waals surface area contributed by atoms with E-state index >= 15 is 0 Å². The van der Waals surface area contributed by atoms with Gasteiger partial charge in [0.2, 0.25) is 5.91 Å². The van der Waals surface area contributed by atoms with Crippen LogP contribution in [0.3, 0.4) is 0 Å². The molecule has 212 valence electrons. The molecule has 0 aliphatic carbocycles. The van der Waals surface area contributed by atoms with E-state index in [1.165, 1.54) is 28.8 Å². The van der Waals surface area contributed by atoms with Gasteiger partial charge in [-0.15, -0.1) is 10.2 Å². The smallest absolute Gasteiger partial charge is 0.345 e. The molecule has 0 saturated heterocycles. The number of para-hydroxylation sites is 1. The third-order valence-electron chi connectivity index (χ3n) is 6.46. The molecule has 0 spiro atoms. The number of thioether (sulfide) groups is 1. The van der Waals surface area contributed by atoms with Crippen LogP contribution in [0.15, 0.2) is 71.9 Å². The highest BCUT2D eigenvalue weighted by molar-refractivity contribution is 7.99. The Labute approximate surface area is 241 Å². The monoisotopic (exact) mass is 603 g/mol. The molecule has 1 N–H and O–H groups in total. The van der Waals surface area contributed by atoms with E-state index < -0.39 is 23.5 Å². The summed E-state index contributed by atoms with van der Waals surface area (Å²) < 4.78 is 56.1. The molecule has 4 aromatic rings. The Balaban J connectivity index is 1.42. The molecule has 1 aromatic heterocycles. The second-order valence-electron chi connectivity index (χ2n) is 9.13. The molecule has 0 bridgehead atoms. The summed E-state index contributed by atoms with van der Waals surface area (Å²) >= 11 is 7.00. The van der Waals surface area contributed by atoms with Crippen molar-refractivity contribution in [3.8, 4) is 5.69 Å². The zero-order chi connectivity index (χ0) is 29.1. The molecule has 2 amide bonds. The van der Waals surface area contributed by atoms with Crippen LogP contribution in [0.25, 0.3) is 5.69 Å². The normalized spacial score (nSPS) is 13.1. The molecule has 7 nitrogen and oxygen atoms in total. The lowest BCUT2D eigenvalue weighted by Gasteiger charge is -2.29. The van der Waals surface area contributed by atoms with Crippen LogP contribution in [0, 0.1) is 5.82 Å². The molecule has 0 unspecified atom stereocenters. The summed E-state index contributed by atoms with van der Waals surface area (Å²) in [4.78, 5) is 27.6. The highest BCUT2D eigenvalue weighted by atomic mass is 35.5. The number of halogens is 5. The summed E-state index contributed by atoms with van der Waals surface area (Å²) in [6.45, 7) is 0.243. The van der Waals surface area contributed by atoms with E-state index in [0.717, 1.165) is 54.1 Å². The van der Waals surface area contributed by atoms with Gasteiger partial charge in [-0.3, -0.25) is 14.2 Å². The van der Waals surface area contributed by atoms with Crippen molar-refractivity contribution in [1.29, 1.82) is 0 Å². The van der Waals surface area contributed by atoms with E-state index in [1.54, 1.807) is 4.90 Å². The summed E-state index contributed by atoms with van der Waals surface area (Å²) in [5.74, 6) is -1.83. The number of nitrogens with zero attached hydrogens (tertiary/aromatic N) is 4. The number of hydrogen-bond acceptors (Lipinski definition) is 5. The van der Waals surface area contributed by atoms with E-state index in [1.807, 2.05) is 24.3 Å². The summed E-state index contributed by atoms with van der Waals surface area (Å²) in [6.07, 6.45) is -2.93. The van der Waals surface area contributed by atoms with Gasteiger partial charge in [0, 0.05) is 12.2 Å². The fourth-order valence-corrected chi connectivity index (χ4v) is 5.64. The second kappa shape index (κ2) is 11.9. The first-order valence-corrected chi connectivity index (χ1v) is 13.8. The predicted octanol–water partition coefficient (Wildman–Crippen LogP) is 6.08. The van der Waals surface area contributed by atoms with Gasteiger partial charge in [0.1, 0.15) is 5.82 Å². The summed E-state index contributed by atoms with van der Waals surface area (Å²) in [7, 11) is 0. The van der Waals surface area contributed by atoms with Crippen LogP contribution in [0.1, 0.15) is 33.7 Å². The number of rotatable bonds is 7. The predicted molar refractivity (Wildman–Crippen MR) is 147 cm³/mol.